The van der Waals surface area contributed by atoms with Gasteiger partial charge in [0.25, 0.3) is 0 Å². The zero-order valence-corrected chi connectivity index (χ0v) is 8.49. The van der Waals surface area contributed by atoms with Gasteiger partial charge in [-0.1, -0.05) is 24.3 Å². The summed E-state index contributed by atoms with van der Waals surface area (Å²) in [6, 6.07) is 12.9. The largest absolute Gasteiger partial charge is 0.312 e. The molecule has 0 aliphatic heterocycles. The molecule has 0 fully saturated rings. The van der Waals surface area contributed by atoms with E-state index in [4.69, 9.17) is 0 Å². The van der Waals surface area contributed by atoms with Gasteiger partial charge < -0.3 is 0 Å². The zero-order valence-electron chi connectivity index (χ0n) is 7.67. The highest BCUT2D eigenvalue weighted by molar-refractivity contribution is 7.86. The Balaban J connectivity index is 2.67. The van der Waals surface area contributed by atoms with Gasteiger partial charge in [-0.05, 0) is 29.0 Å². The van der Waals surface area contributed by atoms with Crippen molar-refractivity contribution in [1.29, 1.82) is 0 Å². The molecule has 0 aromatic heterocycles. The van der Waals surface area contributed by atoms with Crippen LogP contribution >= 0.6 is 0 Å². The first kappa shape index (κ1) is 10.1. The van der Waals surface area contributed by atoms with Crippen LogP contribution in [0.1, 0.15) is 0 Å². The third kappa shape index (κ3) is 1.85. The quantitative estimate of drug-likeness (QED) is 0.775. The second-order valence-corrected chi connectivity index (χ2v) is 4.54. The smallest absolute Gasteiger partial charge is 0.197 e. The molecule has 0 aliphatic rings. The Hall–Kier alpha value is -1.43. The van der Waals surface area contributed by atoms with Gasteiger partial charge in [-0.25, -0.2) is 0 Å². The highest BCUT2D eigenvalue weighted by atomic mass is 32.2. The maximum Gasteiger partial charge on any atom is 0.312 e. The van der Waals surface area contributed by atoms with Crippen LogP contribution < -0.4 is 5.90 Å². The van der Waals surface area contributed by atoms with Crippen molar-refractivity contribution in [2.75, 3.05) is 0 Å². The maximum absolute atomic E-state index is 11.3. The summed E-state index contributed by atoms with van der Waals surface area (Å²) in [4.78, 5) is 0.0390. The van der Waals surface area contributed by atoms with Crippen LogP contribution in [-0.2, 0) is 14.4 Å². The van der Waals surface area contributed by atoms with E-state index >= 15 is 0 Å². The molecule has 2 rings (SSSR count). The van der Waals surface area contributed by atoms with E-state index in [9.17, 15) is 8.42 Å². The molecule has 0 bridgehead atoms. The molecule has 77 valence electrons. The average molecular weight is 222 g/mol. The molecule has 1 radical (unpaired) electrons. The molecule has 2 aromatic carbocycles. The lowest BCUT2D eigenvalue weighted by atomic mass is 10.1. The number of rotatable bonds is 2. The third-order valence-corrected chi connectivity index (χ3v) is 3.13. The van der Waals surface area contributed by atoms with E-state index < -0.39 is 10.1 Å². The van der Waals surface area contributed by atoms with Crippen LogP contribution in [0.25, 0.3) is 10.8 Å². The van der Waals surface area contributed by atoms with E-state index in [0.717, 1.165) is 10.8 Å². The minimum absolute atomic E-state index is 0.0390. The Bertz CT molecular complexity index is 592. The van der Waals surface area contributed by atoms with Crippen LogP contribution in [0.15, 0.2) is 41.3 Å². The molecule has 15 heavy (non-hydrogen) atoms. The molecular formula is C10H8NO3S. The van der Waals surface area contributed by atoms with Crippen LogP contribution in [-0.4, -0.2) is 8.42 Å². The van der Waals surface area contributed by atoms with Crippen LogP contribution in [0.4, 0.5) is 0 Å². The van der Waals surface area contributed by atoms with Gasteiger partial charge in [-0.3, -0.25) is 0 Å². The summed E-state index contributed by atoms with van der Waals surface area (Å²) < 4.78 is 26.5. The second-order valence-electron chi connectivity index (χ2n) is 2.97. The first-order valence-corrected chi connectivity index (χ1v) is 5.58. The van der Waals surface area contributed by atoms with Gasteiger partial charge in [-0.2, -0.15) is 18.6 Å². The van der Waals surface area contributed by atoms with Gasteiger partial charge in [0.05, 0.1) is 4.90 Å². The fraction of sp³-hybridized carbons (Fsp3) is 0. The minimum Gasteiger partial charge on any atom is -0.197 e. The van der Waals surface area contributed by atoms with Gasteiger partial charge >= 0.3 is 10.1 Å². The SMILES string of the molecule is NOS(=O)(=O)c1ccc2[c]cccc2c1. The summed E-state index contributed by atoms with van der Waals surface area (Å²) in [7, 11) is -3.83. The second kappa shape index (κ2) is 3.62. The van der Waals surface area contributed by atoms with E-state index in [2.05, 4.69) is 16.2 Å². The van der Waals surface area contributed by atoms with Crippen LogP contribution in [0.3, 0.4) is 0 Å². The lowest BCUT2D eigenvalue weighted by Crippen LogP contribution is -2.10. The standard InChI is InChI=1S/C10H8NO3S/c11-14-15(12,13)10-6-5-8-3-1-2-4-9(8)7-10/h1-2,4-7H,11H2. The predicted octanol–water partition coefficient (Wildman–Crippen LogP) is 1.22. The molecule has 0 spiro atoms. The summed E-state index contributed by atoms with van der Waals surface area (Å²) in [5, 5.41) is 1.61. The van der Waals surface area contributed by atoms with Crippen molar-refractivity contribution in [2.45, 2.75) is 4.90 Å². The van der Waals surface area contributed by atoms with E-state index in [1.54, 1.807) is 24.3 Å². The first-order valence-electron chi connectivity index (χ1n) is 4.17. The average Bonchev–Trinajstić information content (AvgIpc) is 2.28. The molecule has 0 saturated carbocycles. The van der Waals surface area contributed by atoms with Crippen LogP contribution in [0.2, 0.25) is 0 Å². The minimum atomic E-state index is -3.83. The van der Waals surface area contributed by atoms with Crippen molar-refractivity contribution in [3.05, 3.63) is 42.5 Å². The van der Waals surface area contributed by atoms with E-state index in [1.165, 1.54) is 12.1 Å². The first-order chi connectivity index (χ1) is 7.13. The van der Waals surface area contributed by atoms with Crippen LogP contribution in [0.5, 0.6) is 0 Å². The lowest BCUT2D eigenvalue weighted by Gasteiger charge is -2.02. The number of hydrogen-bond donors (Lipinski definition) is 1. The fourth-order valence-corrected chi connectivity index (χ4v) is 1.93. The summed E-state index contributed by atoms with van der Waals surface area (Å²) in [6.07, 6.45) is 0. The topological polar surface area (TPSA) is 69.4 Å². The molecule has 0 unspecified atom stereocenters. The van der Waals surface area contributed by atoms with E-state index in [0.29, 0.717) is 0 Å². The van der Waals surface area contributed by atoms with E-state index in [1.807, 2.05) is 0 Å². The fourth-order valence-electron chi connectivity index (χ4n) is 1.31. The van der Waals surface area contributed by atoms with Gasteiger partial charge in [0.2, 0.25) is 0 Å². The monoisotopic (exact) mass is 222 g/mol. The lowest BCUT2D eigenvalue weighted by molar-refractivity contribution is 0.333. The predicted molar refractivity (Wildman–Crippen MR) is 55.2 cm³/mol. The molecule has 0 aliphatic carbocycles. The summed E-state index contributed by atoms with van der Waals surface area (Å²) in [5.41, 5.74) is 0. The molecule has 0 atom stereocenters. The van der Waals surface area contributed by atoms with Gasteiger partial charge in [0, 0.05) is 0 Å². The Morgan fingerprint density at radius 3 is 2.80 bits per heavy atom. The van der Waals surface area contributed by atoms with Gasteiger partial charge in [0.15, 0.2) is 0 Å². The van der Waals surface area contributed by atoms with Crippen molar-refractivity contribution >= 4 is 20.9 Å². The van der Waals surface area contributed by atoms with Gasteiger partial charge in [0.1, 0.15) is 0 Å². The van der Waals surface area contributed by atoms with Crippen molar-refractivity contribution in [3.63, 3.8) is 0 Å². The van der Waals surface area contributed by atoms with Gasteiger partial charge in [-0.15, -0.1) is 0 Å². The van der Waals surface area contributed by atoms with Crippen molar-refractivity contribution in [3.8, 4) is 0 Å². The molecular weight excluding hydrogens is 214 g/mol. The van der Waals surface area contributed by atoms with Crippen molar-refractivity contribution in [2.24, 2.45) is 5.90 Å². The molecule has 0 heterocycles. The number of nitrogens with two attached hydrogens (primary N) is 1. The molecule has 0 saturated heterocycles. The molecule has 0 amide bonds. The normalized spacial score (nSPS) is 11.8. The van der Waals surface area contributed by atoms with Crippen LogP contribution in [0, 0.1) is 6.07 Å². The molecule has 4 nitrogen and oxygen atoms in total. The van der Waals surface area contributed by atoms with E-state index in [-0.39, 0.29) is 4.90 Å². The summed E-state index contributed by atoms with van der Waals surface area (Å²) in [5.74, 6) is 4.69. The number of benzene rings is 2. The molecule has 5 heteroatoms. The number of fused-ring (bicyclic) bond motifs is 1. The maximum atomic E-state index is 11.3. The van der Waals surface area contributed by atoms with Crippen molar-refractivity contribution in [1.82, 2.24) is 0 Å². The summed E-state index contributed by atoms with van der Waals surface area (Å²) >= 11 is 0. The summed E-state index contributed by atoms with van der Waals surface area (Å²) in [6.45, 7) is 0. The Morgan fingerprint density at radius 1 is 1.27 bits per heavy atom. The molecule has 2 aromatic rings. The Morgan fingerprint density at radius 2 is 2.07 bits per heavy atom. The highest BCUT2D eigenvalue weighted by Crippen LogP contribution is 2.19. The Kier molecular flexibility index (Phi) is 2.44. The Labute approximate surface area is 87.4 Å². The molecule has 2 N–H and O–H groups in total. The zero-order chi connectivity index (χ0) is 10.9. The number of hydrogen-bond acceptors (Lipinski definition) is 4. The van der Waals surface area contributed by atoms with Crippen molar-refractivity contribution < 1.29 is 12.7 Å². The highest BCUT2D eigenvalue weighted by Gasteiger charge is 2.13. The third-order valence-electron chi connectivity index (χ3n) is 2.05.